The lowest BCUT2D eigenvalue weighted by Gasteiger charge is -2.11. The van der Waals surface area contributed by atoms with Crippen LogP contribution >= 0.6 is 11.6 Å². The van der Waals surface area contributed by atoms with Gasteiger partial charge in [-0.15, -0.1) is 0 Å². The number of nitrogens with zero attached hydrogens (tertiary/aromatic N) is 2. The van der Waals surface area contributed by atoms with Gasteiger partial charge in [0.15, 0.2) is 6.61 Å². The van der Waals surface area contributed by atoms with Crippen LogP contribution < -0.4 is 14.8 Å². The Bertz CT molecular complexity index is 1240. The summed E-state index contributed by atoms with van der Waals surface area (Å²) in [6, 6.07) is 23.2. The Labute approximate surface area is 210 Å². The van der Waals surface area contributed by atoms with E-state index < -0.39 is 0 Å². The average Bonchev–Trinajstić information content (AvgIpc) is 3.22. The molecule has 0 aliphatic rings. The molecular weight excluding hydrogens is 462 g/mol. The van der Waals surface area contributed by atoms with E-state index in [0.717, 1.165) is 48.4 Å². The van der Waals surface area contributed by atoms with Crippen molar-refractivity contribution < 1.29 is 14.3 Å². The van der Waals surface area contributed by atoms with E-state index in [1.165, 1.54) is 5.56 Å². The highest BCUT2D eigenvalue weighted by molar-refractivity contribution is 6.30. The second kappa shape index (κ2) is 12.3. The average molecular weight is 492 g/mol. The number of carbonyl (C=O) groups is 1. The zero-order chi connectivity index (χ0) is 24.5. The van der Waals surface area contributed by atoms with Crippen LogP contribution in [-0.2, 0) is 17.8 Å². The summed E-state index contributed by atoms with van der Waals surface area (Å²) in [5.41, 5.74) is 3.33. The molecule has 35 heavy (non-hydrogen) atoms. The Morgan fingerprint density at radius 3 is 2.46 bits per heavy atom. The Morgan fingerprint density at radius 2 is 1.66 bits per heavy atom. The molecule has 0 spiro atoms. The quantitative estimate of drug-likeness (QED) is 0.262. The van der Waals surface area contributed by atoms with E-state index in [4.69, 9.17) is 26.1 Å². The highest BCUT2D eigenvalue weighted by Crippen LogP contribution is 2.19. The summed E-state index contributed by atoms with van der Waals surface area (Å²) in [5, 5.41) is 3.55. The van der Waals surface area contributed by atoms with E-state index in [1.54, 1.807) is 24.3 Å². The van der Waals surface area contributed by atoms with Crippen LogP contribution in [-0.4, -0.2) is 35.2 Å². The van der Waals surface area contributed by atoms with Crippen molar-refractivity contribution in [1.82, 2.24) is 14.9 Å². The van der Waals surface area contributed by atoms with Crippen LogP contribution in [0.2, 0.25) is 5.02 Å². The predicted octanol–water partition coefficient (Wildman–Crippen LogP) is 5.60. The molecule has 7 heteroatoms. The fraction of sp³-hybridized carbons (Fsp3) is 0.286. The van der Waals surface area contributed by atoms with Gasteiger partial charge in [0.05, 0.1) is 17.6 Å². The predicted molar refractivity (Wildman–Crippen MR) is 139 cm³/mol. The number of nitrogens with one attached hydrogen (secondary N) is 1. The van der Waals surface area contributed by atoms with Crippen LogP contribution in [0.15, 0.2) is 72.8 Å². The Hall–Kier alpha value is -3.51. The molecule has 0 radical (unpaired) electrons. The zero-order valence-electron chi connectivity index (χ0n) is 19.9. The molecule has 182 valence electrons. The maximum Gasteiger partial charge on any atom is 0.257 e. The van der Waals surface area contributed by atoms with Crippen LogP contribution in [0.1, 0.15) is 24.2 Å². The van der Waals surface area contributed by atoms with Gasteiger partial charge in [-0.25, -0.2) is 4.98 Å². The Kier molecular flexibility index (Phi) is 8.63. The molecular formula is C28H30ClN3O3. The molecule has 0 bridgehead atoms. The maximum atomic E-state index is 12.1. The van der Waals surface area contributed by atoms with Crippen LogP contribution in [0.3, 0.4) is 0 Å². The number of carbonyl (C=O) groups excluding carboxylic acids is 1. The first-order valence-electron chi connectivity index (χ1n) is 11.9. The number of hydrogen-bond donors (Lipinski definition) is 1. The van der Waals surface area contributed by atoms with E-state index in [1.807, 2.05) is 30.3 Å². The van der Waals surface area contributed by atoms with E-state index in [9.17, 15) is 4.79 Å². The van der Waals surface area contributed by atoms with Crippen molar-refractivity contribution in [3.63, 3.8) is 0 Å². The first kappa shape index (κ1) is 24.6. The number of benzene rings is 3. The van der Waals surface area contributed by atoms with Gasteiger partial charge in [0.25, 0.3) is 5.91 Å². The lowest BCUT2D eigenvalue weighted by molar-refractivity contribution is -0.123. The molecule has 3 aromatic carbocycles. The molecule has 1 heterocycles. The number of para-hydroxylation sites is 2. The number of fused-ring (bicyclic) bond motifs is 1. The Balaban J connectivity index is 1.25. The third-order valence-corrected chi connectivity index (χ3v) is 5.88. The number of imidazole rings is 1. The second-order valence-electron chi connectivity index (χ2n) is 8.38. The van der Waals surface area contributed by atoms with Crippen molar-refractivity contribution in [3.05, 3.63) is 89.2 Å². The van der Waals surface area contributed by atoms with E-state index in [-0.39, 0.29) is 12.5 Å². The maximum absolute atomic E-state index is 12.1. The number of aryl methyl sites for hydroxylation is 3. The zero-order valence-corrected chi connectivity index (χ0v) is 20.6. The van der Waals surface area contributed by atoms with Gasteiger partial charge >= 0.3 is 0 Å². The minimum Gasteiger partial charge on any atom is -0.494 e. The van der Waals surface area contributed by atoms with Crippen LogP contribution in [0.25, 0.3) is 11.0 Å². The van der Waals surface area contributed by atoms with Crippen molar-refractivity contribution in [2.45, 2.75) is 32.7 Å². The lowest BCUT2D eigenvalue weighted by atomic mass is 10.2. The van der Waals surface area contributed by atoms with Gasteiger partial charge in [0, 0.05) is 24.5 Å². The summed E-state index contributed by atoms with van der Waals surface area (Å²) < 4.78 is 13.7. The minimum absolute atomic E-state index is 0.0267. The van der Waals surface area contributed by atoms with Crippen molar-refractivity contribution in [1.29, 1.82) is 0 Å². The molecule has 6 nitrogen and oxygen atoms in total. The van der Waals surface area contributed by atoms with Gasteiger partial charge in [-0.2, -0.15) is 0 Å². The van der Waals surface area contributed by atoms with Gasteiger partial charge < -0.3 is 19.4 Å². The molecule has 4 aromatic rings. The molecule has 0 fully saturated rings. The van der Waals surface area contributed by atoms with E-state index in [0.29, 0.717) is 23.9 Å². The van der Waals surface area contributed by atoms with Crippen LogP contribution in [0.4, 0.5) is 0 Å². The van der Waals surface area contributed by atoms with E-state index >= 15 is 0 Å². The third kappa shape index (κ3) is 7.23. The van der Waals surface area contributed by atoms with E-state index in [2.05, 4.69) is 35.0 Å². The SMILES string of the molecule is Cc1ccc(OCCCn2c(CCCNC(=O)COc3ccc(Cl)cc3)nc3ccccc32)cc1. The summed E-state index contributed by atoms with van der Waals surface area (Å²) in [5.74, 6) is 2.38. The molecule has 0 aliphatic heterocycles. The smallest absolute Gasteiger partial charge is 0.257 e. The van der Waals surface area contributed by atoms with Gasteiger partial charge in [-0.3, -0.25) is 4.79 Å². The molecule has 4 rings (SSSR count). The number of halogens is 1. The van der Waals surface area contributed by atoms with Crippen molar-refractivity contribution in [3.8, 4) is 11.5 Å². The first-order chi connectivity index (χ1) is 17.1. The lowest BCUT2D eigenvalue weighted by Crippen LogP contribution is -2.30. The summed E-state index contributed by atoms with van der Waals surface area (Å²) >= 11 is 5.86. The van der Waals surface area contributed by atoms with Gasteiger partial charge in [0.2, 0.25) is 0 Å². The summed E-state index contributed by atoms with van der Waals surface area (Å²) in [6.07, 6.45) is 2.43. The molecule has 1 N–H and O–H groups in total. The second-order valence-corrected chi connectivity index (χ2v) is 8.82. The monoisotopic (exact) mass is 491 g/mol. The largest absolute Gasteiger partial charge is 0.494 e. The number of amides is 1. The molecule has 1 aromatic heterocycles. The fourth-order valence-corrected chi connectivity index (χ4v) is 3.94. The Morgan fingerprint density at radius 1 is 0.943 bits per heavy atom. The number of ether oxygens (including phenoxy) is 2. The first-order valence-corrected chi connectivity index (χ1v) is 12.2. The topological polar surface area (TPSA) is 65.4 Å². The van der Waals surface area contributed by atoms with Crippen LogP contribution in [0, 0.1) is 6.92 Å². The van der Waals surface area contributed by atoms with Crippen molar-refractivity contribution in [2.75, 3.05) is 19.8 Å². The van der Waals surface area contributed by atoms with Gasteiger partial charge in [-0.05, 0) is 68.3 Å². The van der Waals surface area contributed by atoms with Crippen LogP contribution in [0.5, 0.6) is 11.5 Å². The molecule has 1 amide bonds. The highest BCUT2D eigenvalue weighted by atomic mass is 35.5. The summed E-state index contributed by atoms with van der Waals surface area (Å²) in [7, 11) is 0. The number of hydrogen-bond acceptors (Lipinski definition) is 4. The van der Waals surface area contributed by atoms with Crippen molar-refractivity contribution in [2.24, 2.45) is 0 Å². The summed E-state index contributed by atoms with van der Waals surface area (Å²) in [4.78, 5) is 16.9. The molecule has 0 atom stereocenters. The fourth-order valence-electron chi connectivity index (χ4n) is 3.82. The summed E-state index contributed by atoms with van der Waals surface area (Å²) in [6.45, 7) is 4.06. The third-order valence-electron chi connectivity index (χ3n) is 5.63. The number of aromatic nitrogens is 2. The molecule has 0 saturated heterocycles. The van der Waals surface area contributed by atoms with Gasteiger partial charge in [0.1, 0.15) is 17.3 Å². The molecule has 0 aliphatic carbocycles. The highest BCUT2D eigenvalue weighted by Gasteiger charge is 2.11. The molecule has 0 saturated carbocycles. The minimum atomic E-state index is -0.151. The standard InChI is InChI=1S/C28H30ClN3O3/c1-21-9-13-23(14-10-21)34-19-5-18-32-26-7-3-2-6-25(26)31-27(32)8-4-17-30-28(33)20-35-24-15-11-22(29)12-16-24/h2-3,6-7,9-16H,4-5,8,17-20H2,1H3,(H,30,33). The van der Waals surface area contributed by atoms with Crippen molar-refractivity contribution >= 4 is 28.5 Å². The normalized spacial score (nSPS) is 10.9. The molecule has 0 unspecified atom stereocenters. The number of rotatable bonds is 12. The van der Waals surface area contributed by atoms with Gasteiger partial charge in [-0.1, -0.05) is 41.4 Å².